The SMILES string of the molecule is CCCOc1cccc(C(=O)Oc2ccc(C)c(Cl)c2)c1. The minimum atomic E-state index is -0.433. The van der Waals surface area contributed by atoms with Crippen LogP contribution >= 0.6 is 11.6 Å². The van der Waals surface area contributed by atoms with Crippen molar-refractivity contribution in [2.75, 3.05) is 6.61 Å². The maximum absolute atomic E-state index is 12.1. The number of ether oxygens (including phenoxy) is 2. The van der Waals surface area contributed by atoms with Crippen molar-refractivity contribution in [1.29, 1.82) is 0 Å². The van der Waals surface area contributed by atoms with E-state index in [1.165, 1.54) is 0 Å². The summed E-state index contributed by atoms with van der Waals surface area (Å²) in [5, 5.41) is 0.570. The monoisotopic (exact) mass is 304 g/mol. The van der Waals surface area contributed by atoms with E-state index in [-0.39, 0.29) is 0 Å². The average Bonchev–Trinajstić information content (AvgIpc) is 2.49. The van der Waals surface area contributed by atoms with E-state index in [4.69, 9.17) is 21.1 Å². The van der Waals surface area contributed by atoms with Crippen LogP contribution in [0.1, 0.15) is 29.3 Å². The molecule has 0 atom stereocenters. The smallest absolute Gasteiger partial charge is 0.343 e. The molecule has 0 bridgehead atoms. The third kappa shape index (κ3) is 4.23. The van der Waals surface area contributed by atoms with E-state index in [0.29, 0.717) is 28.7 Å². The second-order valence-corrected chi connectivity index (χ2v) is 5.08. The summed E-state index contributed by atoms with van der Waals surface area (Å²) in [6.07, 6.45) is 0.913. The molecule has 0 fully saturated rings. The Morgan fingerprint density at radius 3 is 2.67 bits per heavy atom. The van der Waals surface area contributed by atoms with Gasteiger partial charge in [-0.2, -0.15) is 0 Å². The minimum Gasteiger partial charge on any atom is -0.494 e. The Morgan fingerprint density at radius 2 is 1.95 bits per heavy atom. The first-order valence-electron chi connectivity index (χ1n) is 6.81. The molecule has 4 heteroatoms. The van der Waals surface area contributed by atoms with Crippen molar-refractivity contribution < 1.29 is 14.3 Å². The van der Waals surface area contributed by atoms with Crippen LogP contribution in [0.2, 0.25) is 5.02 Å². The van der Waals surface area contributed by atoms with E-state index < -0.39 is 5.97 Å². The van der Waals surface area contributed by atoms with E-state index in [9.17, 15) is 4.79 Å². The second kappa shape index (κ2) is 7.14. The first-order valence-corrected chi connectivity index (χ1v) is 7.19. The number of esters is 1. The summed E-state index contributed by atoms with van der Waals surface area (Å²) in [4.78, 5) is 12.1. The van der Waals surface area contributed by atoms with E-state index in [0.717, 1.165) is 12.0 Å². The number of halogens is 1. The lowest BCUT2D eigenvalue weighted by atomic mass is 10.2. The molecule has 3 nitrogen and oxygen atoms in total. The van der Waals surface area contributed by atoms with E-state index in [2.05, 4.69) is 0 Å². The van der Waals surface area contributed by atoms with Gasteiger partial charge >= 0.3 is 5.97 Å². The summed E-state index contributed by atoms with van der Waals surface area (Å²) in [6, 6.07) is 12.1. The molecular weight excluding hydrogens is 288 g/mol. The molecule has 2 aromatic rings. The Morgan fingerprint density at radius 1 is 1.14 bits per heavy atom. The van der Waals surface area contributed by atoms with E-state index in [1.54, 1.807) is 30.3 Å². The zero-order chi connectivity index (χ0) is 15.2. The van der Waals surface area contributed by atoms with Crippen molar-refractivity contribution >= 4 is 17.6 Å². The molecule has 0 N–H and O–H groups in total. The molecule has 0 radical (unpaired) electrons. The lowest BCUT2D eigenvalue weighted by Gasteiger charge is -2.08. The van der Waals surface area contributed by atoms with Gasteiger partial charge in [-0.1, -0.05) is 30.7 Å². The average molecular weight is 305 g/mol. The molecule has 0 amide bonds. The number of hydrogen-bond donors (Lipinski definition) is 0. The summed E-state index contributed by atoms with van der Waals surface area (Å²) in [5.41, 5.74) is 1.38. The number of rotatable bonds is 5. The van der Waals surface area contributed by atoms with Crippen LogP contribution in [-0.4, -0.2) is 12.6 Å². The number of carbonyl (C=O) groups excluding carboxylic acids is 1. The lowest BCUT2D eigenvalue weighted by molar-refractivity contribution is 0.0734. The Hall–Kier alpha value is -2.00. The number of benzene rings is 2. The fraction of sp³-hybridized carbons (Fsp3) is 0.235. The highest BCUT2D eigenvalue weighted by molar-refractivity contribution is 6.31. The van der Waals surface area contributed by atoms with Crippen molar-refractivity contribution in [3.05, 3.63) is 58.6 Å². The van der Waals surface area contributed by atoms with Crippen LogP contribution in [0.4, 0.5) is 0 Å². The van der Waals surface area contributed by atoms with Crippen LogP contribution in [0.3, 0.4) is 0 Å². The van der Waals surface area contributed by atoms with Gasteiger partial charge in [-0.05, 0) is 49.2 Å². The first-order chi connectivity index (χ1) is 10.1. The van der Waals surface area contributed by atoms with Gasteiger partial charge in [-0.3, -0.25) is 0 Å². The van der Waals surface area contributed by atoms with Crippen LogP contribution in [0.15, 0.2) is 42.5 Å². The van der Waals surface area contributed by atoms with Crippen LogP contribution in [0.25, 0.3) is 0 Å². The van der Waals surface area contributed by atoms with Gasteiger partial charge in [0.15, 0.2) is 0 Å². The standard InChI is InChI=1S/C17H17ClO3/c1-3-9-20-14-6-4-5-13(10-14)17(19)21-15-8-7-12(2)16(18)11-15/h4-8,10-11H,3,9H2,1-2H3. The van der Waals surface area contributed by atoms with Gasteiger partial charge < -0.3 is 9.47 Å². The molecule has 0 unspecified atom stereocenters. The summed E-state index contributed by atoms with van der Waals surface area (Å²) in [7, 11) is 0. The first kappa shape index (κ1) is 15.4. The van der Waals surface area contributed by atoms with Crippen LogP contribution in [-0.2, 0) is 0 Å². The van der Waals surface area contributed by atoms with Crippen LogP contribution < -0.4 is 9.47 Å². The molecule has 0 spiro atoms. The fourth-order valence-electron chi connectivity index (χ4n) is 1.74. The normalized spacial score (nSPS) is 10.2. The van der Waals surface area contributed by atoms with Crippen molar-refractivity contribution in [2.24, 2.45) is 0 Å². The van der Waals surface area contributed by atoms with Crippen LogP contribution in [0, 0.1) is 6.92 Å². The highest BCUT2D eigenvalue weighted by Crippen LogP contribution is 2.23. The van der Waals surface area contributed by atoms with E-state index in [1.807, 2.05) is 26.0 Å². The fourth-order valence-corrected chi connectivity index (χ4v) is 1.91. The zero-order valence-electron chi connectivity index (χ0n) is 12.1. The quantitative estimate of drug-likeness (QED) is 0.595. The maximum Gasteiger partial charge on any atom is 0.343 e. The van der Waals surface area contributed by atoms with Gasteiger partial charge in [0.2, 0.25) is 0 Å². The summed E-state index contributed by atoms with van der Waals surface area (Å²) >= 11 is 6.01. The molecule has 2 rings (SSSR count). The van der Waals surface area contributed by atoms with Gasteiger partial charge in [0.25, 0.3) is 0 Å². The number of carbonyl (C=O) groups is 1. The van der Waals surface area contributed by atoms with Gasteiger partial charge in [-0.15, -0.1) is 0 Å². The molecule has 2 aromatic carbocycles. The highest BCUT2D eigenvalue weighted by atomic mass is 35.5. The molecule has 21 heavy (non-hydrogen) atoms. The topological polar surface area (TPSA) is 35.5 Å². The number of hydrogen-bond acceptors (Lipinski definition) is 3. The molecule has 0 saturated heterocycles. The maximum atomic E-state index is 12.1. The molecule has 0 heterocycles. The second-order valence-electron chi connectivity index (χ2n) is 4.68. The Labute approximate surface area is 129 Å². The Kier molecular flexibility index (Phi) is 5.23. The van der Waals surface area contributed by atoms with Crippen molar-refractivity contribution in [1.82, 2.24) is 0 Å². The Bertz CT molecular complexity index is 638. The van der Waals surface area contributed by atoms with Crippen molar-refractivity contribution in [3.8, 4) is 11.5 Å². The minimum absolute atomic E-state index is 0.426. The molecule has 0 aliphatic heterocycles. The van der Waals surface area contributed by atoms with Gasteiger partial charge in [-0.25, -0.2) is 4.79 Å². The third-order valence-corrected chi connectivity index (χ3v) is 3.30. The Balaban J connectivity index is 2.10. The predicted octanol–water partition coefficient (Wildman–Crippen LogP) is 4.66. The van der Waals surface area contributed by atoms with Crippen molar-refractivity contribution in [2.45, 2.75) is 20.3 Å². The predicted molar refractivity (Wildman–Crippen MR) is 83.4 cm³/mol. The molecule has 110 valence electrons. The molecule has 0 aromatic heterocycles. The molecule has 0 saturated carbocycles. The summed E-state index contributed by atoms with van der Waals surface area (Å²) in [6.45, 7) is 4.54. The largest absolute Gasteiger partial charge is 0.494 e. The molecule has 0 aliphatic rings. The highest BCUT2D eigenvalue weighted by Gasteiger charge is 2.10. The number of aryl methyl sites for hydroxylation is 1. The summed E-state index contributed by atoms with van der Waals surface area (Å²) < 4.78 is 10.8. The lowest BCUT2D eigenvalue weighted by Crippen LogP contribution is -2.09. The third-order valence-electron chi connectivity index (χ3n) is 2.90. The molecular formula is C17H17ClO3. The zero-order valence-corrected chi connectivity index (χ0v) is 12.8. The van der Waals surface area contributed by atoms with Crippen molar-refractivity contribution in [3.63, 3.8) is 0 Å². The van der Waals surface area contributed by atoms with Gasteiger partial charge in [0, 0.05) is 5.02 Å². The van der Waals surface area contributed by atoms with Gasteiger partial charge in [0.1, 0.15) is 11.5 Å². The van der Waals surface area contributed by atoms with Gasteiger partial charge in [0.05, 0.1) is 12.2 Å². The van der Waals surface area contributed by atoms with E-state index >= 15 is 0 Å². The molecule has 0 aliphatic carbocycles. The summed E-state index contributed by atoms with van der Waals surface area (Å²) in [5.74, 6) is 0.653. The van der Waals surface area contributed by atoms with Crippen LogP contribution in [0.5, 0.6) is 11.5 Å².